The number of para-hydroxylation sites is 1. The fraction of sp³-hybridized carbons (Fsp3) is 0.200. The molecule has 1 saturated heterocycles. The fourth-order valence-corrected chi connectivity index (χ4v) is 5.56. The number of aryl methyl sites for hydroxylation is 1. The predicted molar refractivity (Wildman–Crippen MR) is 115 cm³/mol. The maximum atomic E-state index is 13.4. The molecule has 30 heavy (non-hydrogen) atoms. The molecule has 0 spiro atoms. The SMILES string of the molecule is Cc1ccc(S(=O)(=O)n2cc(Br)c3cccc(N4CCN(C(=O)O)CC4=O)c32)cc1. The van der Waals surface area contributed by atoms with Crippen molar-refractivity contribution in [3.63, 3.8) is 0 Å². The lowest BCUT2D eigenvalue weighted by molar-refractivity contribution is -0.120. The van der Waals surface area contributed by atoms with E-state index in [0.29, 0.717) is 21.1 Å². The van der Waals surface area contributed by atoms with Crippen LogP contribution < -0.4 is 4.90 Å². The molecule has 2 amide bonds. The summed E-state index contributed by atoms with van der Waals surface area (Å²) in [4.78, 5) is 26.5. The molecule has 4 rings (SSSR count). The minimum atomic E-state index is -3.92. The Bertz CT molecular complexity index is 1270. The zero-order valence-corrected chi connectivity index (χ0v) is 18.4. The highest BCUT2D eigenvalue weighted by Crippen LogP contribution is 2.36. The third-order valence-electron chi connectivity index (χ3n) is 5.08. The molecule has 1 N–H and O–H groups in total. The maximum absolute atomic E-state index is 13.4. The van der Waals surface area contributed by atoms with E-state index in [4.69, 9.17) is 5.11 Å². The third kappa shape index (κ3) is 3.35. The van der Waals surface area contributed by atoms with E-state index in [9.17, 15) is 18.0 Å². The monoisotopic (exact) mass is 491 g/mol. The number of anilines is 1. The Morgan fingerprint density at radius 3 is 2.43 bits per heavy atom. The number of amides is 2. The minimum absolute atomic E-state index is 0.134. The number of hydrogen-bond donors (Lipinski definition) is 1. The zero-order chi connectivity index (χ0) is 21.6. The Morgan fingerprint density at radius 1 is 1.10 bits per heavy atom. The van der Waals surface area contributed by atoms with Crippen molar-refractivity contribution < 1.29 is 23.1 Å². The third-order valence-corrected chi connectivity index (χ3v) is 7.39. The second kappa shape index (κ2) is 7.44. The van der Waals surface area contributed by atoms with Gasteiger partial charge in [0.05, 0.1) is 16.1 Å². The van der Waals surface area contributed by atoms with Crippen LogP contribution in [0.2, 0.25) is 0 Å². The van der Waals surface area contributed by atoms with Crippen LogP contribution in [0.4, 0.5) is 10.5 Å². The van der Waals surface area contributed by atoms with Crippen LogP contribution in [0.3, 0.4) is 0 Å². The minimum Gasteiger partial charge on any atom is -0.465 e. The Morgan fingerprint density at radius 2 is 1.80 bits per heavy atom. The van der Waals surface area contributed by atoms with Gasteiger partial charge in [-0.3, -0.25) is 9.69 Å². The summed E-state index contributed by atoms with van der Waals surface area (Å²) in [6.45, 7) is 1.87. The van der Waals surface area contributed by atoms with E-state index in [0.717, 1.165) is 10.5 Å². The average molecular weight is 492 g/mol. The topological polar surface area (TPSA) is 99.9 Å². The van der Waals surface area contributed by atoms with Crippen LogP contribution in [0.15, 0.2) is 58.0 Å². The van der Waals surface area contributed by atoms with E-state index in [1.54, 1.807) is 42.5 Å². The van der Waals surface area contributed by atoms with E-state index in [2.05, 4.69) is 15.9 Å². The van der Waals surface area contributed by atoms with E-state index in [1.165, 1.54) is 15.1 Å². The van der Waals surface area contributed by atoms with Crippen LogP contribution in [-0.2, 0) is 14.8 Å². The van der Waals surface area contributed by atoms with Crippen molar-refractivity contribution in [2.75, 3.05) is 24.5 Å². The lowest BCUT2D eigenvalue weighted by atomic mass is 10.2. The molecule has 1 aliphatic rings. The van der Waals surface area contributed by atoms with Gasteiger partial charge in [0.15, 0.2) is 0 Å². The number of rotatable bonds is 3. The van der Waals surface area contributed by atoms with E-state index in [-0.39, 0.29) is 24.5 Å². The van der Waals surface area contributed by atoms with E-state index >= 15 is 0 Å². The number of aromatic nitrogens is 1. The van der Waals surface area contributed by atoms with Crippen LogP contribution in [0.1, 0.15) is 5.56 Å². The van der Waals surface area contributed by atoms with Crippen molar-refractivity contribution >= 4 is 54.5 Å². The molecule has 3 aromatic rings. The summed E-state index contributed by atoms with van der Waals surface area (Å²) in [5, 5.41) is 9.79. The second-order valence-electron chi connectivity index (χ2n) is 7.01. The summed E-state index contributed by atoms with van der Waals surface area (Å²) in [5.74, 6) is -0.409. The van der Waals surface area contributed by atoms with Crippen LogP contribution >= 0.6 is 15.9 Å². The first-order valence-electron chi connectivity index (χ1n) is 9.10. The number of fused-ring (bicyclic) bond motifs is 1. The van der Waals surface area contributed by atoms with Gasteiger partial charge < -0.3 is 10.0 Å². The molecule has 0 radical (unpaired) electrons. The summed E-state index contributed by atoms with van der Waals surface area (Å²) in [6.07, 6.45) is 0.315. The summed E-state index contributed by atoms with van der Waals surface area (Å²) < 4.78 is 28.5. The van der Waals surface area contributed by atoms with Gasteiger partial charge >= 0.3 is 6.09 Å². The Hall–Kier alpha value is -2.85. The number of benzene rings is 2. The van der Waals surface area contributed by atoms with Gasteiger partial charge in [-0.15, -0.1) is 0 Å². The Kier molecular flexibility index (Phi) is 5.07. The number of carboxylic acid groups (broad SMARTS) is 1. The van der Waals surface area contributed by atoms with Crippen LogP contribution in [0.5, 0.6) is 0 Å². The van der Waals surface area contributed by atoms with Crippen molar-refractivity contribution in [1.82, 2.24) is 8.87 Å². The first-order chi connectivity index (χ1) is 14.2. The lowest BCUT2D eigenvalue weighted by Gasteiger charge is -2.33. The van der Waals surface area contributed by atoms with Crippen molar-refractivity contribution in [3.8, 4) is 0 Å². The molecule has 0 unspecified atom stereocenters. The molecule has 1 fully saturated rings. The molecule has 10 heteroatoms. The smallest absolute Gasteiger partial charge is 0.407 e. The molecule has 8 nitrogen and oxygen atoms in total. The normalized spacial score (nSPS) is 15.1. The highest BCUT2D eigenvalue weighted by atomic mass is 79.9. The van der Waals surface area contributed by atoms with Gasteiger partial charge in [0, 0.05) is 29.1 Å². The number of halogens is 1. The van der Waals surface area contributed by atoms with Crippen molar-refractivity contribution in [3.05, 3.63) is 58.7 Å². The number of carbonyl (C=O) groups is 2. The van der Waals surface area contributed by atoms with Gasteiger partial charge in [0.25, 0.3) is 10.0 Å². The quantitative estimate of drug-likeness (QED) is 0.605. The molecular weight excluding hydrogens is 474 g/mol. The molecular formula is C20H18BrN3O5S. The van der Waals surface area contributed by atoms with Gasteiger partial charge in [0.2, 0.25) is 5.91 Å². The molecule has 1 aromatic heterocycles. The summed E-state index contributed by atoms with van der Waals surface area (Å²) >= 11 is 3.42. The maximum Gasteiger partial charge on any atom is 0.407 e. The molecule has 2 aromatic carbocycles. The van der Waals surface area contributed by atoms with Crippen LogP contribution in [0, 0.1) is 6.92 Å². The molecule has 0 bridgehead atoms. The highest BCUT2D eigenvalue weighted by molar-refractivity contribution is 9.10. The summed E-state index contributed by atoms with van der Waals surface area (Å²) in [7, 11) is -3.92. The molecule has 1 aliphatic heterocycles. The standard InChI is InChI=1S/C20H18BrN3O5S/c1-13-5-7-14(8-6-13)30(28,29)24-11-16(21)15-3-2-4-17(19(15)24)23-10-9-22(20(26)27)12-18(23)25/h2-8,11H,9-10,12H2,1H3,(H,26,27). The molecule has 0 aliphatic carbocycles. The summed E-state index contributed by atoms with van der Waals surface area (Å²) in [6, 6.07) is 11.7. The molecule has 156 valence electrons. The van der Waals surface area contributed by atoms with Gasteiger partial charge in [-0.05, 0) is 41.1 Å². The Labute approximate surface area is 181 Å². The number of hydrogen-bond acceptors (Lipinski definition) is 4. The first-order valence-corrected chi connectivity index (χ1v) is 11.3. The molecule has 0 saturated carbocycles. The predicted octanol–water partition coefficient (Wildman–Crippen LogP) is 3.28. The van der Waals surface area contributed by atoms with Crippen molar-refractivity contribution in [1.29, 1.82) is 0 Å². The van der Waals surface area contributed by atoms with E-state index < -0.39 is 22.0 Å². The van der Waals surface area contributed by atoms with Crippen molar-refractivity contribution in [2.24, 2.45) is 0 Å². The highest BCUT2D eigenvalue weighted by Gasteiger charge is 2.31. The number of piperazine rings is 1. The second-order valence-corrected chi connectivity index (χ2v) is 9.68. The lowest BCUT2D eigenvalue weighted by Crippen LogP contribution is -2.52. The zero-order valence-electron chi connectivity index (χ0n) is 15.9. The van der Waals surface area contributed by atoms with Crippen molar-refractivity contribution in [2.45, 2.75) is 11.8 Å². The largest absolute Gasteiger partial charge is 0.465 e. The van der Waals surface area contributed by atoms with Crippen LogP contribution in [0.25, 0.3) is 10.9 Å². The van der Waals surface area contributed by atoms with Gasteiger partial charge in [-0.25, -0.2) is 17.2 Å². The molecule has 2 heterocycles. The van der Waals surface area contributed by atoms with Crippen LogP contribution in [-0.4, -0.2) is 54.0 Å². The first kappa shape index (κ1) is 20.4. The average Bonchev–Trinajstić information content (AvgIpc) is 3.06. The number of carbonyl (C=O) groups excluding carboxylic acids is 1. The Balaban J connectivity index is 1.87. The molecule has 0 atom stereocenters. The van der Waals surface area contributed by atoms with Gasteiger partial charge in [-0.2, -0.15) is 0 Å². The van der Waals surface area contributed by atoms with E-state index in [1.807, 2.05) is 6.92 Å². The van der Waals surface area contributed by atoms with Gasteiger partial charge in [0.1, 0.15) is 6.54 Å². The fourth-order valence-electron chi connectivity index (χ4n) is 3.52. The van der Waals surface area contributed by atoms with Gasteiger partial charge in [-0.1, -0.05) is 29.8 Å². The summed E-state index contributed by atoms with van der Waals surface area (Å²) in [5.41, 5.74) is 1.72. The number of nitrogens with zero attached hydrogens (tertiary/aromatic N) is 3.